The van der Waals surface area contributed by atoms with E-state index in [1.807, 2.05) is 13.1 Å². The van der Waals surface area contributed by atoms with Crippen LogP contribution in [0.3, 0.4) is 0 Å². The van der Waals surface area contributed by atoms with Crippen LogP contribution in [0.5, 0.6) is 0 Å². The number of likely N-dealkylation sites (N-methyl/N-ethyl adjacent to an activating group) is 2. The molecule has 0 aliphatic heterocycles. The number of rotatable bonds is 7. The molecule has 0 heterocycles. The zero-order valence-electron chi connectivity index (χ0n) is 13.7. The summed E-state index contributed by atoms with van der Waals surface area (Å²) in [4.78, 5) is 4.40. The van der Waals surface area contributed by atoms with Crippen molar-refractivity contribution < 1.29 is 4.39 Å². The Bertz CT molecular complexity index is 469. The van der Waals surface area contributed by atoms with Crippen LogP contribution in [0.2, 0.25) is 0 Å². The summed E-state index contributed by atoms with van der Waals surface area (Å²) in [6, 6.07) is 5.37. The summed E-state index contributed by atoms with van der Waals surface area (Å²) in [5, 5.41) is 3.30. The minimum Gasteiger partial charge on any atom is -0.370 e. The molecule has 21 heavy (non-hydrogen) atoms. The minimum absolute atomic E-state index is 0.124. The molecular formula is C17H28FN3. The molecular weight excluding hydrogens is 265 g/mol. The van der Waals surface area contributed by atoms with Crippen molar-refractivity contribution in [3.8, 4) is 0 Å². The highest BCUT2D eigenvalue weighted by Crippen LogP contribution is 2.38. The van der Waals surface area contributed by atoms with Gasteiger partial charge in [-0.3, -0.25) is 0 Å². The molecule has 0 radical (unpaired) electrons. The summed E-state index contributed by atoms with van der Waals surface area (Å²) in [7, 11) is 6.28. The molecule has 1 aromatic rings. The van der Waals surface area contributed by atoms with Gasteiger partial charge in [-0.25, -0.2) is 4.39 Å². The maximum atomic E-state index is 14.3. The van der Waals surface area contributed by atoms with E-state index >= 15 is 0 Å². The topological polar surface area (TPSA) is 18.5 Å². The average Bonchev–Trinajstić information content (AvgIpc) is 2.39. The third kappa shape index (κ3) is 3.38. The third-order valence-corrected chi connectivity index (χ3v) is 4.78. The van der Waals surface area contributed by atoms with E-state index < -0.39 is 0 Å². The number of hydrogen-bond donors (Lipinski definition) is 1. The lowest BCUT2D eigenvalue weighted by molar-refractivity contribution is 0.0681. The Morgan fingerprint density at radius 1 is 1.24 bits per heavy atom. The number of nitrogens with one attached hydrogen (secondary N) is 1. The van der Waals surface area contributed by atoms with Crippen LogP contribution in [0.4, 0.5) is 10.1 Å². The normalized spacial score (nSPS) is 16.9. The van der Waals surface area contributed by atoms with Crippen molar-refractivity contribution in [1.82, 2.24) is 10.2 Å². The molecule has 3 nitrogen and oxygen atoms in total. The van der Waals surface area contributed by atoms with Gasteiger partial charge in [-0.05, 0) is 51.5 Å². The summed E-state index contributed by atoms with van der Waals surface area (Å²) >= 11 is 0. The lowest BCUT2D eigenvalue weighted by atomic mass is 9.75. The fourth-order valence-electron chi connectivity index (χ4n) is 3.24. The molecule has 0 amide bonds. The van der Waals surface area contributed by atoms with Gasteiger partial charge in [0.25, 0.3) is 0 Å². The number of nitrogens with zero attached hydrogens (tertiary/aromatic N) is 2. The Morgan fingerprint density at radius 2 is 1.95 bits per heavy atom. The van der Waals surface area contributed by atoms with Crippen LogP contribution in [0, 0.1) is 5.82 Å². The van der Waals surface area contributed by atoms with E-state index in [9.17, 15) is 4.39 Å². The first kappa shape index (κ1) is 16.2. The molecule has 0 atom stereocenters. The van der Waals surface area contributed by atoms with Gasteiger partial charge in [-0.1, -0.05) is 19.1 Å². The first-order valence-corrected chi connectivity index (χ1v) is 7.87. The predicted octanol–water partition coefficient (Wildman–Crippen LogP) is 2.86. The Hall–Kier alpha value is -1.13. The Labute approximate surface area is 128 Å². The maximum absolute atomic E-state index is 14.3. The van der Waals surface area contributed by atoms with Crippen molar-refractivity contribution in [3.63, 3.8) is 0 Å². The monoisotopic (exact) mass is 293 g/mol. The number of halogens is 1. The van der Waals surface area contributed by atoms with Crippen LogP contribution in [0.1, 0.15) is 31.7 Å². The first-order valence-electron chi connectivity index (χ1n) is 7.87. The molecule has 4 heteroatoms. The summed E-state index contributed by atoms with van der Waals surface area (Å²) in [5.74, 6) is -0.124. The van der Waals surface area contributed by atoms with Crippen LogP contribution in [-0.2, 0) is 6.54 Å². The van der Waals surface area contributed by atoms with Crippen LogP contribution >= 0.6 is 0 Å². The zero-order valence-corrected chi connectivity index (χ0v) is 13.7. The van der Waals surface area contributed by atoms with Gasteiger partial charge < -0.3 is 15.1 Å². The SMILES string of the molecule is CCNCc1cccc(F)c1N(C)CC1(N(C)C)CCC1. The highest BCUT2D eigenvalue weighted by molar-refractivity contribution is 5.54. The molecule has 1 aromatic carbocycles. The van der Waals surface area contributed by atoms with Crippen LogP contribution in [0.25, 0.3) is 0 Å². The smallest absolute Gasteiger partial charge is 0.146 e. The number of benzene rings is 1. The van der Waals surface area contributed by atoms with Gasteiger partial charge in [0.1, 0.15) is 5.82 Å². The molecule has 0 saturated heterocycles. The second-order valence-corrected chi connectivity index (χ2v) is 6.36. The van der Waals surface area contributed by atoms with Crippen molar-refractivity contribution in [2.75, 3.05) is 39.1 Å². The minimum atomic E-state index is -0.124. The molecule has 1 saturated carbocycles. The van der Waals surface area contributed by atoms with Crippen molar-refractivity contribution in [1.29, 1.82) is 0 Å². The largest absolute Gasteiger partial charge is 0.370 e. The summed E-state index contributed by atoms with van der Waals surface area (Å²) < 4.78 is 14.3. The van der Waals surface area contributed by atoms with E-state index in [2.05, 4.69) is 36.1 Å². The van der Waals surface area contributed by atoms with Crippen molar-refractivity contribution in [2.24, 2.45) is 0 Å². The Balaban J connectivity index is 2.20. The average molecular weight is 293 g/mol. The van der Waals surface area contributed by atoms with Gasteiger partial charge in [-0.2, -0.15) is 0 Å². The van der Waals surface area contributed by atoms with Gasteiger partial charge in [0.05, 0.1) is 5.69 Å². The predicted molar refractivity (Wildman–Crippen MR) is 87.3 cm³/mol. The van der Waals surface area contributed by atoms with Gasteiger partial charge in [0.2, 0.25) is 0 Å². The lowest BCUT2D eigenvalue weighted by Crippen LogP contribution is -2.57. The van der Waals surface area contributed by atoms with Crippen LogP contribution in [-0.4, -0.2) is 44.7 Å². The first-order chi connectivity index (χ1) is 10.00. The highest BCUT2D eigenvalue weighted by atomic mass is 19.1. The summed E-state index contributed by atoms with van der Waals surface area (Å²) in [6.45, 7) is 4.54. The fourth-order valence-corrected chi connectivity index (χ4v) is 3.24. The second-order valence-electron chi connectivity index (χ2n) is 6.36. The number of hydrogen-bond acceptors (Lipinski definition) is 3. The summed E-state index contributed by atoms with van der Waals surface area (Å²) in [5.41, 5.74) is 1.98. The molecule has 118 valence electrons. The van der Waals surface area contributed by atoms with Gasteiger partial charge in [0, 0.05) is 25.7 Å². The molecule has 0 spiro atoms. The number of para-hydroxylation sites is 1. The van der Waals surface area contributed by atoms with E-state index in [0.717, 1.165) is 24.3 Å². The van der Waals surface area contributed by atoms with Crippen molar-refractivity contribution in [2.45, 2.75) is 38.3 Å². The molecule has 1 fully saturated rings. The Kier molecular flexibility index (Phi) is 5.22. The van der Waals surface area contributed by atoms with E-state index in [1.54, 1.807) is 12.1 Å². The molecule has 1 aliphatic rings. The fraction of sp³-hybridized carbons (Fsp3) is 0.647. The third-order valence-electron chi connectivity index (χ3n) is 4.78. The van der Waals surface area contributed by atoms with Gasteiger partial charge >= 0.3 is 0 Å². The van der Waals surface area contributed by atoms with Gasteiger partial charge in [-0.15, -0.1) is 0 Å². The highest BCUT2D eigenvalue weighted by Gasteiger charge is 2.40. The van der Waals surface area contributed by atoms with Crippen molar-refractivity contribution >= 4 is 5.69 Å². The molecule has 1 N–H and O–H groups in total. The summed E-state index contributed by atoms with van der Waals surface area (Å²) in [6.07, 6.45) is 3.66. The molecule has 1 aliphatic carbocycles. The standard InChI is InChI=1S/C17H28FN3/c1-5-19-12-14-8-6-9-15(18)16(14)21(4)13-17(20(2)3)10-7-11-17/h6,8-9,19H,5,7,10-13H2,1-4H3. The molecule has 2 rings (SSSR count). The lowest BCUT2D eigenvalue weighted by Gasteiger charge is -2.49. The molecule has 0 unspecified atom stereocenters. The molecule has 0 bridgehead atoms. The number of anilines is 1. The second kappa shape index (κ2) is 6.75. The molecule has 0 aromatic heterocycles. The van der Waals surface area contributed by atoms with Crippen LogP contribution in [0.15, 0.2) is 18.2 Å². The van der Waals surface area contributed by atoms with Gasteiger partial charge in [0.15, 0.2) is 0 Å². The van der Waals surface area contributed by atoms with E-state index in [0.29, 0.717) is 6.54 Å². The maximum Gasteiger partial charge on any atom is 0.146 e. The Morgan fingerprint density at radius 3 is 2.48 bits per heavy atom. The zero-order chi connectivity index (χ0) is 15.5. The van der Waals surface area contributed by atoms with Crippen molar-refractivity contribution in [3.05, 3.63) is 29.6 Å². The quantitative estimate of drug-likeness (QED) is 0.834. The van der Waals surface area contributed by atoms with E-state index in [4.69, 9.17) is 0 Å². The van der Waals surface area contributed by atoms with E-state index in [-0.39, 0.29) is 11.4 Å². The van der Waals surface area contributed by atoms with Crippen LogP contribution < -0.4 is 10.2 Å². The van der Waals surface area contributed by atoms with E-state index in [1.165, 1.54) is 19.3 Å².